The second-order valence-electron chi connectivity index (χ2n) is 4.73. The number of benzene rings is 2. The number of rotatable bonds is 3. The van der Waals surface area contributed by atoms with Crippen LogP contribution in [0, 0.1) is 0 Å². The Balaban J connectivity index is 1.84. The van der Waals surface area contributed by atoms with E-state index in [1.165, 1.54) is 16.8 Å². The largest absolute Gasteiger partial charge is 0.384 e. The van der Waals surface area contributed by atoms with Crippen molar-refractivity contribution in [2.75, 3.05) is 11.9 Å². The molecule has 0 saturated carbocycles. The third kappa shape index (κ3) is 2.02. The zero-order valence-electron chi connectivity index (χ0n) is 10.1. The summed E-state index contributed by atoms with van der Waals surface area (Å²) in [5, 5.41) is 3.43. The van der Waals surface area contributed by atoms with Crippen molar-refractivity contribution in [3.05, 3.63) is 65.2 Å². The molecule has 0 spiro atoms. The van der Waals surface area contributed by atoms with Gasteiger partial charge in [0.05, 0.1) is 0 Å². The molecule has 1 N–H and O–H groups in total. The Morgan fingerprint density at radius 3 is 2.94 bits per heavy atom. The third-order valence-corrected chi connectivity index (χ3v) is 3.51. The van der Waals surface area contributed by atoms with Gasteiger partial charge in [0.1, 0.15) is 6.29 Å². The molecular weight excluding hydrogens is 222 g/mol. The lowest BCUT2D eigenvalue weighted by Crippen LogP contribution is -2.05. The Hall–Kier alpha value is -2.09. The average Bonchev–Trinajstić information content (AvgIpc) is 2.83. The van der Waals surface area contributed by atoms with Crippen LogP contribution in [-0.4, -0.2) is 12.8 Å². The van der Waals surface area contributed by atoms with Crippen LogP contribution in [-0.2, 0) is 6.42 Å². The van der Waals surface area contributed by atoms with Crippen LogP contribution in [0.25, 0.3) is 0 Å². The van der Waals surface area contributed by atoms with Crippen molar-refractivity contribution in [1.29, 1.82) is 0 Å². The second-order valence-corrected chi connectivity index (χ2v) is 4.73. The molecule has 2 nitrogen and oxygen atoms in total. The minimum atomic E-state index is 0.503. The van der Waals surface area contributed by atoms with Gasteiger partial charge in [-0.3, -0.25) is 4.79 Å². The highest BCUT2D eigenvalue weighted by molar-refractivity contribution is 5.75. The van der Waals surface area contributed by atoms with Gasteiger partial charge in [0, 0.05) is 23.7 Å². The summed E-state index contributed by atoms with van der Waals surface area (Å²) in [6, 6.07) is 16.3. The van der Waals surface area contributed by atoms with Crippen LogP contribution in [0.15, 0.2) is 48.5 Å². The lowest BCUT2D eigenvalue weighted by molar-refractivity contribution is 0.112. The van der Waals surface area contributed by atoms with E-state index in [2.05, 4.69) is 35.6 Å². The first-order chi connectivity index (χ1) is 8.86. The van der Waals surface area contributed by atoms with Crippen molar-refractivity contribution in [3.8, 4) is 0 Å². The molecule has 2 aromatic carbocycles. The standard InChI is InChI=1S/C16H15NO/c18-11-13-5-3-4-12(8-13)9-14-10-17-16-7-2-1-6-15(14)16/h1-8,11,14,17H,9-10H2. The monoisotopic (exact) mass is 237 g/mol. The van der Waals surface area contributed by atoms with E-state index in [-0.39, 0.29) is 0 Å². The van der Waals surface area contributed by atoms with Gasteiger partial charge in [0.2, 0.25) is 0 Å². The molecule has 1 aliphatic rings. The molecule has 1 heterocycles. The fourth-order valence-electron chi connectivity index (χ4n) is 2.62. The maximum absolute atomic E-state index is 10.8. The smallest absolute Gasteiger partial charge is 0.150 e. The molecular formula is C16H15NO. The van der Waals surface area contributed by atoms with E-state index >= 15 is 0 Å². The zero-order valence-corrected chi connectivity index (χ0v) is 10.1. The van der Waals surface area contributed by atoms with Gasteiger partial charge in [-0.05, 0) is 29.7 Å². The predicted octanol–water partition coefficient (Wildman–Crippen LogP) is 3.25. The van der Waals surface area contributed by atoms with Crippen molar-refractivity contribution in [1.82, 2.24) is 0 Å². The van der Waals surface area contributed by atoms with Crippen LogP contribution in [0.4, 0.5) is 5.69 Å². The lowest BCUT2D eigenvalue weighted by atomic mass is 9.93. The average molecular weight is 237 g/mol. The molecule has 1 unspecified atom stereocenters. The van der Waals surface area contributed by atoms with Gasteiger partial charge in [0.25, 0.3) is 0 Å². The van der Waals surface area contributed by atoms with Gasteiger partial charge in [-0.2, -0.15) is 0 Å². The fraction of sp³-hybridized carbons (Fsp3) is 0.188. The van der Waals surface area contributed by atoms with Crippen molar-refractivity contribution in [2.45, 2.75) is 12.3 Å². The SMILES string of the molecule is O=Cc1cccc(CC2CNc3ccccc32)c1. The van der Waals surface area contributed by atoms with E-state index in [1.807, 2.05) is 18.2 Å². The Labute approximate surface area is 107 Å². The third-order valence-electron chi connectivity index (χ3n) is 3.51. The highest BCUT2D eigenvalue weighted by atomic mass is 16.1. The van der Waals surface area contributed by atoms with Crippen LogP contribution in [0.1, 0.15) is 27.4 Å². The van der Waals surface area contributed by atoms with Crippen LogP contribution >= 0.6 is 0 Å². The minimum absolute atomic E-state index is 0.503. The lowest BCUT2D eigenvalue weighted by Gasteiger charge is -2.10. The van der Waals surface area contributed by atoms with Crippen molar-refractivity contribution in [2.24, 2.45) is 0 Å². The van der Waals surface area contributed by atoms with Crippen LogP contribution in [0.2, 0.25) is 0 Å². The van der Waals surface area contributed by atoms with Gasteiger partial charge in [0.15, 0.2) is 0 Å². The van der Waals surface area contributed by atoms with E-state index in [9.17, 15) is 4.79 Å². The molecule has 3 rings (SSSR count). The quantitative estimate of drug-likeness (QED) is 0.830. The molecule has 2 heteroatoms. The summed E-state index contributed by atoms with van der Waals surface area (Å²) in [6.07, 6.45) is 1.88. The summed E-state index contributed by atoms with van der Waals surface area (Å²) in [4.78, 5) is 10.8. The molecule has 0 aromatic heterocycles. The van der Waals surface area contributed by atoms with E-state index in [1.54, 1.807) is 0 Å². The number of hydrogen-bond donors (Lipinski definition) is 1. The van der Waals surface area contributed by atoms with E-state index in [4.69, 9.17) is 0 Å². The van der Waals surface area contributed by atoms with Gasteiger partial charge in [-0.15, -0.1) is 0 Å². The summed E-state index contributed by atoms with van der Waals surface area (Å²) in [6.45, 7) is 0.977. The van der Waals surface area contributed by atoms with Gasteiger partial charge < -0.3 is 5.32 Å². The van der Waals surface area contributed by atoms with E-state index < -0.39 is 0 Å². The van der Waals surface area contributed by atoms with Crippen LogP contribution in [0.5, 0.6) is 0 Å². The van der Waals surface area contributed by atoms with E-state index in [0.29, 0.717) is 5.92 Å². The van der Waals surface area contributed by atoms with Crippen molar-refractivity contribution >= 4 is 12.0 Å². The molecule has 0 bridgehead atoms. The molecule has 0 saturated heterocycles. The summed E-state index contributed by atoms with van der Waals surface area (Å²) < 4.78 is 0. The number of carbonyl (C=O) groups excluding carboxylic acids is 1. The molecule has 2 aromatic rings. The Morgan fingerprint density at radius 1 is 1.17 bits per heavy atom. The predicted molar refractivity (Wildman–Crippen MR) is 73.2 cm³/mol. The highest BCUT2D eigenvalue weighted by Gasteiger charge is 2.21. The number of aldehydes is 1. The first kappa shape index (κ1) is 11.0. The molecule has 18 heavy (non-hydrogen) atoms. The molecule has 90 valence electrons. The number of para-hydroxylation sites is 1. The number of nitrogens with one attached hydrogen (secondary N) is 1. The number of hydrogen-bond acceptors (Lipinski definition) is 2. The topological polar surface area (TPSA) is 29.1 Å². The van der Waals surface area contributed by atoms with E-state index in [0.717, 1.165) is 24.8 Å². The van der Waals surface area contributed by atoms with Gasteiger partial charge >= 0.3 is 0 Å². The molecule has 0 radical (unpaired) electrons. The molecule has 1 atom stereocenters. The zero-order chi connectivity index (χ0) is 12.4. The second kappa shape index (κ2) is 4.65. The Kier molecular flexibility index (Phi) is 2.85. The maximum Gasteiger partial charge on any atom is 0.150 e. The first-order valence-electron chi connectivity index (χ1n) is 6.24. The van der Waals surface area contributed by atoms with Gasteiger partial charge in [-0.1, -0.05) is 36.4 Å². The fourth-order valence-corrected chi connectivity index (χ4v) is 2.62. The summed E-state index contributed by atoms with van der Waals surface area (Å²) in [5.74, 6) is 0.503. The Bertz CT molecular complexity index is 577. The van der Waals surface area contributed by atoms with Crippen LogP contribution in [0.3, 0.4) is 0 Å². The van der Waals surface area contributed by atoms with Crippen LogP contribution < -0.4 is 5.32 Å². The Morgan fingerprint density at radius 2 is 2.06 bits per heavy atom. The normalized spacial score (nSPS) is 17.0. The summed E-state index contributed by atoms with van der Waals surface area (Å²) in [5.41, 5.74) is 4.61. The maximum atomic E-state index is 10.8. The molecule has 1 aliphatic heterocycles. The molecule has 0 fully saturated rings. The summed E-state index contributed by atoms with van der Waals surface area (Å²) in [7, 11) is 0. The van der Waals surface area contributed by atoms with Crippen molar-refractivity contribution < 1.29 is 4.79 Å². The number of fused-ring (bicyclic) bond motifs is 1. The van der Waals surface area contributed by atoms with Crippen molar-refractivity contribution in [3.63, 3.8) is 0 Å². The number of carbonyl (C=O) groups is 1. The molecule has 0 amide bonds. The number of anilines is 1. The highest BCUT2D eigenvalue weighted by Crippen LogP contribution is 2.33. The molecule has 0 aliphatic carbocycles. The first-order valence-corrected chi connectivity index (χ1v) is 6.24. The summed E-state index contributed by atoms with van der Waals surface area (Å²) >= 11 is 0. The van der Waals surface area contributed by atoms with Gasteiger partial charge in [-0.25, -0.2) is 0 Å². The minimum Gasteiger partial charge on any atom is -0.384 e.